The maximum absolute atomic E-state index is 13.7. The van der Waals surface area contributed by atoms with Crippen molar-refractivity contribution in [2.45, 2.75) is 6.54 Å². The van der Waals surface area contributed by atoms with Crippen molar-refractivity contribution >= 4 is 17.3 Å². The van der Waals surface area contributed by atoms with Crippen LogP contribution in [0.4, 0.5) is 20.2 Å². The van der Waals surface area contributed by atoms with E-state index in [-0.39, 0.29) is 11.6 Å². The molecular formula is C18H14F2N4O. The van der Waals surface area contributed by atoms with Crippen molar-refractivity contribution in [3.63, 3.8) is 0 Å². The molecule has 25 heavy (non-hydrogen) atoms. The number of nitrogens with zero attached hydrogens (tertiary/aromatic N) is 2. The minimum atomic E-state index is -0.730. The van der Waals surface area contributed by atoms with E-state index in [4.69, 9.17) is 0 Å². The van der Waals surface area contributed by atoms with Crippen LogP contribution in [0.1, 0.15) is 15.9 Å². The second-order valence-electron chi connectivity index (χ2n) is 5.26. The molecule has 2 heterocycles. The second-order valence-corrected chi connectivity index (χ2v) is 5.26. The number of benzene rings is 1. The molecule has 1 aromatic carbocycles. The minimum absolute atomic E-state index is 0.0936. The van der Waals surface area contributed by atoms with Crippen LogP contribution in [0.15, 0.2) is 61.2 Å². The molecule has 0 bridgehead atoms. The average Bonchev–Trinajstić information content (AvgIpc) is 2.63. The number of rotatable bonds is 5. The van der Waals surface area contributed by atoms with Crippen molar-refractivity contribution in [1.29, 1.82) is 0 Å². The Hall–Kier alpha value is -3.35. The lowest BCUT2D eigenvalue weighted by Crippen LogP contribution is -2.23. The lowest BCUT2D eigenvalue weighted by atomic mass is 10.2. The van der Waals surface area contributed by atoms with Crippen LogP contribution >= 0.6 is 0 Å². The summed E-state index contributed by atoms with van der Waals surface area (Å²) in [5, 5.41) is 5.53. The van der Waals surface area contributed by atoms with Crippen LogP contribution in [0.5, 0.6) is 0 Å². The number of halogens is 2. The summed E-state index contributed by atoms with van der Waals surface area (Å²) in [4.78, 5) is 20.2. The standard InChI is InChI=1S/C18H14F2N4O/c19-14-3-4-17(16(20)7-14)24-15-6-13(10-22-11-15)18(25)23-9-12-2-1-5-21-8-12/h1-8,10-11,24H,9H2,(H,23,25). The molecule has 0 unspecified atom stereocenters. The van der Waals surface area contributed by atoms with Gasteiger partial charge in [0.15, 0.2) is 0 Å². The summed E-state index contributed by atoms with van der Waals surface area (Å²) in [7, 11) is 0. The van der Waals surface area contributed by atoms with Gasteiger partial charge in [0, 0.05) is 31.2 Å². The quantitative estimate of drug-likeness (QED) is 0.747. The third kappa shape index (κ3) is 4.35. The molecule has 0 aliphatic rings. The zero-order valence-electron chi connectivity index (χ0n) is 13.0. The van der Waals surface area contributed by atoms with Gasteiger partial charge in [-0.3, -0.25) is 14.8 Å². The molecule has 0 atom stereocenters. The van der Waals surface area contributed by atoms with E-state index in [1.807, 2.05) is 6.07 Å². The number of amides is 1. The maximum Gasteiger partial charge on any atom is 0.253 e. The number of nitrogens with one attached hydrogen (secondary N) is 2. The Labute approximate surface area is 142 Å². The maximum atomic E-state index is 13.7. The summed E-state index contributed by atoms with van der Waals surface area (Å²) in [6.45, 7) is 0.330. The Bertz CT molecular complexity index is 887. The van der Waals surface area contributed by atoms with Crippen molar-refractivity contribution < 1.29 is 13.6 Å². The molecule has 2 aromatic heterocycles. The fourth-order valence-corrected chi connectivity index (χ4v) is 2.17. The van der Waals surface area contributed by atoms with Crippen molar-refractivity contribution in [1.82, 2.24) is 15.3 Å². The number of pyridine rings is 2. The highest BCUT2D eigenvalue weighted by Crippen LogP contribution is 2.20. The lowest BCUT2D eigenvalue weighted by molar-refractivity contribution is 0.0950. The number of hydrogen-bond acceptors (Lipinski definition) is 4. The summed E-state index contributed by atoms with van der Waals surface area (Å²) in [5.74, 6) is -1.71. The molecule has 126 valence electrons. The fourth-order valence-electron chi connectivity index (χ4n) is 2.17. The highest BCUT2D eigenvalue weighted by Gasteiger charge is 2.09. The van der Waals surface area contributed by atoms with Crippen LogP contribution in [-0.4, -0.2) is 15.9 Å². The predicted molar refractivity (Wildman–Crippen MR) is 89.3 cm³/mol. The van der Waals surface area contributed by atoms with Gasteiger partial charge < -0.3 is 10.6 Å². The van der Waals surface area contributed by atoms with E-state index in [0.29, 0.717) is 17.8 Å². The highest BCUT2D eigenvalue weighted by atomic mass is 19.1. The van der Waals surface area contributed by atoms with Gasteiger partial charge in [-0.25, -0.2) is 8.78 Å². The van der Waals surface area contributed by atoms with E-state index >= 15 is 0 Å². The van der Waals surface area contributed by atoms with Crippen LogP contribution in [0.25, 0.3) is 0 Å². The SMILES string of the molecule is O=C(NCc1cccnc1)c1cncc(Nc2ccc(F)cc2F)c1. The van der Waals surface area contributed by atoms with Crippen molar-refractivity contribution in [3.8, 4) is 0 Å². The largest absolute Gasteiger partial charge is 0.352 e. The van der Waals surface area contributed by atoms with Crippen molar-refractivity contribution in [2.75, 3.05) is 5.32 Å². The van der Waals surface area contributed by atoms with E-state index in [2.05, 4.69) is 20.6 Å². The first kappa shape index (κ1) is 16.5. The first-order chi connectivity index (χ1) is 12.1. The van der Waals surface area contributed by atoms with E-state index in [1.165, 1.54) is 24.5 Å². The van der Waals surface area contributed by atoms with Gasteiger partial charge in [-0.05, 0) is 29.8 Å². The molecule has 1 amide bonds. The van der Waals surface area contributed by atoms with E-state index in [1.54, 1.807) is 18.5 Å². The molecule has 0 fully saturated rings. The molecule has 5 nitrogen and oxygen atoms in total. The van der Waals surface area contributed by atoms with Gasteiger partial charge >= 0.3 is 0 Å². The molecule has 3 aromatic rings. The van der Waals surface area contributed by atoms with Gasteiger partial charge in [-0.15, -0.1) is 0 Å². The topological polar surface area (TPSA) is 66.9 Å². The Morgan fingerprint density at radius 1 is 1.04 bits per heavy atom. The van der Waals surface area contributed by atoms with Crippen LogP contribution in [-0.2, 0) is 6.54 Å². The van der Waals surface area contributed by atoms with Crippen molar-refractivity contribution in [3.05, 3.63) is 83.9 Å². The lowest BCUT2D eigenvalue weighted by Gasteiger charge is -2.09. The molecule has 0 saturated heterocycles. The third-order valence-electron chi connectivity index (χ3n) is 3.39. The van der Waals surface area contributed by atoms with Gasteiger partial charge in [0.1, 0.15) is 11.6 Å². The first-order valence-electron chi connectivity index (χ1n) is 7.46. The monoisotopic (exact) mass is 340 g/mol. The van der Waals surface area contributed by atoms with Crippen molar-refractivity contribution in [2.24, 2.45) is 0 Å². The van der Waals surface area contributed by atoms with Crippen LogP contribution in [0, 0.1) is 11.6 Å². The Balaban J connectivity index is 1.69. The number of carbonyl (C=O) groups excluding carboxylic acids is 1. The van der Waals surface area contributed by atoms with E-state index < -0.39 is 11.6 Å². The molecule has 0 aliphatic heterocycles. The van der Waals surface area contributed by atoms with Gasteiger partial charge in [0.2, 0.25) is 0 Å². The summed E-state index contributed by atoms with van der Waals surface area (Å²) in [6.07, 6.45) is 6.16. The number of carbonyl (C=O) groups is 1. The molecule has 0 aliphatic carbocycles. The Morgan fingerprint density at radius 3 is 2.68 bits per heavy atom. The fraction of sp³-hybridized carbons (Fsp3) is 0.0556. The zero-order chi connectivity index (χ0) is 17.6. The molecule has 0 radical (unpaired) electrons. The second kappa shape index (κ2) is 7.48. The first-order valence-corrected chi connectivity index (χ1v) is 7.46. The zero-order valence-corrected chi connectivity index (χ0v) is 13.0. The summed E-state index contributed by atoms with van der Waals surface area (Å²) < 4.78 is 26.6. The minimum Gasteiger partial charge on any atom is -0.352 e. The summed E-state index contributed by atoms with van der Waals surface area (Å²) in [6, 6.07) is 8.36. The third-order valence-corrected chi connectivity index (χ3v) is 3.39. The molecule has 2 N–H and O–H groups in total. The van der Waals surface area contributed by atoms with Crippen LogP contribution in [0.3, 0.4) is 0 Å². The summed E-state index contributed by atoms with van der Waals surface area (Å²) in [5.41, 5.74) is 1.69. The van der Waals surface area contributed by atoms with Crippen LogP contribution < -0.4 is 10.6 Å². The van der Waals surface area contributed by atoms with E-state index in [0.717, 1.165) is 17.7 Å². The number of hydrogen-bond donors (Lipinski definition) is 2. The van der Waals surface area contributed by atoms with Gasteiger partial charge in [0.25, 0.3) is 5.91 Å². The number of anilines is 2. The van der Waals surface area contributed by atoms with Gasteiger partial charge in [-0.1, -0.05) is 6.07 Å². The molecule has 0 spiro atoms. The Kier molecular flexibility index (Phi) is 4.94. The average molecular weight is 340 g/mol. The molecule has 7 heteroatoms. The van der Waals surface area contributed by atoms with Crippen LogP contribution in [0.2, 0.25) is 0 Å². The molecule has 0 saturated carbocycles. The molecule has 3 rings (SSSR count). The Morgan fingerprint density at radius 2 is 1.92 bits per heavy atom. The molecular weight excluding hydrogens is 326 g/mol. The van der Waals surface area contributed by atoms with Gasteiger partial charge in [-0.2, -0.15) is 0 Å². The number of aromatic nitrogens is 2. The van der Waals surface area contributed by atoms with E-state index in [9.17, 15) is 13.6 Å². The summed E-state index contributed by atoms with van der Waals surface area (Å²) >= 11 is 0. The normalized spacial score (nSPS) is 10.3. The van der Waals surface area contributed by atoms with Gasteiger partial charge in [0.05, 0.1) is 23.1 Å². The highest BCUT2D eigenvalue weighted by molar-refractivity contribution is 5.94. The predicted octanol–water partition coefficient (Wildman–Crippen LogP) is 3.43. The smallest absolute Gasteiger partial charge is 0.253 e.